The van der Waals surface area contributed by atoms with E-state index in [0.717, 1.165) is 24.2 Å². The largest absolute Gasteiger partial charge is 0.396 e. The first-order valence-corrected chi connectivity index (χ1v) is 36.9. The van der Waals surface area contributed by atoms with Crippen LogP contribution in [0.15, 0.2) is 0 Å². The summed E-state index contributed by atoms with van der Waals surface area (Å²) in [6, 6.07) is -12.2. The van der Waals surface area contributed by atoms with Gasteiger partial charge in [-0.1, -0.05) is 102 Å². The van der Waals surface area contributed by atoms with Gasteiger partial charge in [0.2, 0.25) is 70.9 Å². The highest BCUT2D eigenvalue weighted by Crippen LogP contribution is 2.25. The standard InChI is InChI=1S/C71H132N12O15S/c1-25-51(76-65(92)59(83(24)57(86)39-45(8)9)60(87)47(12)32-28-26-27-29-33-73-50(15)85)67(94)82(23)56(41-99-35-31-30-34-84)69(96)81(22)55(40-71(16,17)98)64(91)77-58(46(10)11)70(97)79(20)53(37-43(4)5)63(90)74-48(13)61(88)75-49(14)66(93)80(21)54(38-44(6)7)68(95)78(19)52(36-42(2)3)62(89)72-18/h42-49,51-56,58-60,84,87,98H,25-41H2,1-24H3,(H,72,89)(H,73,85)(H,74,90)(H,75,88)(H,76,92)(H,77,91)/t47-,48-,49?,51+,52+,53+,54+,55+,56-,58+,59?,60-/m1/s1. The lowest BCUT2D eigenvalue weighted by molar-refractivity contribution is -0.151. The summed E-state index contributed by atoms with van der Waals surface area (Å²) in [5.74, 6) is -7.94. The Morgan fingerprint density at radius 3 is 1.46 bits per heavy atom. The number of carbonyl (C=O) groups is 12. The first-order chi connectivity index (χ1) is 45.8. The van der Waals surface area contributed by atoms with Crippen LogP contribution in [-0.4, -0.2) is 262 Å². The summed E-state index contributed by atoms with van der Waals surface area (Å²) >= 11 is 1.32. The topological polar surface area (TPSA) is 357 Å². The van der Waals surface area contributed by atoms with E-state index in [1.165, 1.54) is 120 Å². The Labute approximate surface area is 597 Å². The first-order valence-electron chi connectivity index (χ1n) is 35.7. The number of unbranched alkanes of at least 4 members (excludes halogenated alkanes) is 4. The second-order valence-electron chi connectivity index (χ2n) is 29.7. The Balaban J connectivity index is 7.11. The van der Waals surface area contributed by atoms with Crippen LogP contribution in [0.1, 0.15) is 201 Å². The van der Waals surface area contributed by atoms with Crippen LogP contribution in [0.25, 0.3) is 0 Å². The lowest BCUT2D eigenvalue weighted by Crippen LogP contribution is -2.62. The van der Waals surface area contributed by atoms with Crippen molar-refractivity contribution in [1.82, 2.24) is 61.3 Å². The summed E-state index contributed by atoms with van der Waals surface area (Å²) in [6.45, 7) is 29.5. The fourth-order valence-electron chi connectivity index (χ4n) is 11.6. The van der Waals surface area contributed by atoms with Gasteiger partial charge in [-0.25, -0.2) is 0 Å². The van der Waals surface area contributed by atoms with Crippen LogP contribution < -0.4 is 31.9 Å². The summed E-state index contributed by atoms with van der Waals surface area (Å²) in [6.07, 6.45) is 3.83. The summed E-state index contributed by atoms with van der Waals surface area (Å²) in [5, 5.41) is 49.2. The molecular weight excluding hydrogens is 1290 g/mol. The predicted molar refractivity (Wildman–Crippen MR) is 387 cm³/mol. The Kier molecular flexibility index (Phi) is 42.9. The summed E-state index contributed by atoms with van der Waals surface area (Å²) in [5.41, 5.74) is -1.60. The fraction of sp³-hybridized carbons (Fsp3) is 0.831. The van der Waals surface area contributed by atoms with Crippen LogP contribution in [-0.2, 0) is 57.5 Å². The van der Waals surface area contributed by atoms with E-state index >= 15 is 4.79 Å². The van der Waals surface area contributed by atoms with Crippen molar-refractivity contribution in [3.8, 4) is 0 Å². The number of nitrogens with zero attached hydrogens (tertiary/aromatic N) is 6. The Morgan fingerprint density at radius 2 is 0.970 bits per heavy atom. The molecule has 0 aromatic rings. The molecule has 572 valence electrons. The van der Waals surface area contributed by atoms with Gasteiger partial charge < -0.3 is 76.6 Å². The normalized spacial score (nSPS) is 15.4. The molecule has 0 saturated heterocycles. The van der Waals surface area contributed by atoms with Crippen molar-refractivity contribution in [1.29, 1.82) is 0 Å². The van der Waals surface area contributed by atoms with Crippen molar-refractivity contribution in [3.63, 3.8) is 0 Å². The maximum atomic E-state index is 15.2. The zero-order valence-electron chi connectivity index (χ0n) is 64.7. The van der Waals surface area contributed by atoms with Gasteiger partial charge in [0.15, 0.2) is 0 Å². The highest BCUT2D eigenvalue weighted by Gasteiger charge is 2.44. The van der Waals surface area contributed by atoms with Gasteiger partial charge in [0, 0.05) is 88.0 Å². The number of thioether (sulfide) groups is 1. The molecular formula is C71H132N12O15S. The predicted octanol–water partition coefficient (Wildman–Crippen LogP) is 3.67. The SMILES string of the molecule is CC[C@H](NC(=O)C([C@H](O)[C@H](C)CCCCCCNC(C)=O)N(C)C(=O)CC(C)C)C(=O)N(C)[C@H](CSCCCCO)C(=O)N(C)[C@@H](CC(C)(C)O)C(=O)N[C@H](C(=O)N(C)[C@@H](CC(C)C)C(=O)N[C@H](C)C(=O)NC(C)C(=O)N(C)[C@@H](CC(C)C)C(=O)N(C)[C@@H](CC(C)C)C(=O)NC)C(C)C. The highest BCUT2D eigenvalue weighted by atomic mass is 32.2. The maximum absolute atomic E-state index is 15.2. The monoisotopic (exact) mass is 1420 g/mol. The highest BCUT2D eigenvalue weighted by molar-refractivity contribution is 7.99. The van der Waals surface area contributed by atoms with E-state index in [1.54, 1.807) is 27.7 Å². The second kappa shape index (κ2) is 45.7. The van der Waals surface area contributed by atoms with Crippen LogP contribution in [0.4, 0.5) is 0 Å². The molecule has 0 aliphatic carbocycles. The molecule has 0 saturated carbocycles. The van der Waals surface area contributed by atoms with Crippen LogP contribution >= 0.6 is 11.8 Å². The van der Waals surface area contributed by atoms with E-state index in [2.05, 4.69) is 31.9 Å². The molecule has 0 spiro atoms. The molecule has 27 nitrogen and oxygen atoms in total. The van der Waals surface area contributed by atoms with Crippen molar-refractivity contribution in [2.75, 3.05) is 74.0 Å². The number of carbonyl (C=O) groups excluding carboxylic acids is 12. The lowest BCUT2D eigenvalue weighted by atomic mass is 9.90. The van der Waals surface area contributed by atoms with Gasteiger partial charge >= 0.3 is 0 Å². The van der Waals surface area contributed by atoms with Crippen molar-refractivity contribution >= 4 is 82.6 Å². The number of aliphatic hydroxyl groups excluding tert-OH is 2. The molecule has 0 fully saturated rings. The molecule has 99 heavy (non-hydrogen) atoms. The van der Waals surface area contributed by atoms with Crippen molar-refractivity contribution < 1.29 is 72.9 Å². The molecule has 0 aliphatic rings. The molecule has 0 rings (SSSR count). The zero-order valence-corrected chi connectivity index (χ0v) is 65.5. The first kappa shape index (κ1) is 92.9. The molecule has 12 atom stereocenters. The van der Waals surface area contributed by atoms with E-state index in [-0.39, 0.29) is 85.9 Å². The smallest absolute Gasteiger partial charge is 0.246 e. The van der Waals surface area contributed by atoms with Gasteiger partial charge in [0.25, 0.3) is 0 Å². The molecule has 0 bridgehead atoms. The van der Waals surface area contributed by atoms with Crippen LogP contribution in [0.3, 0.4) is 0 Å². The average Bonchev–Trinajstić information content (AvgIpc) is 0.825. The lowest BCUT2D eigenvalue weighted by Gasteiger charge is -2.39. The molecule has 12 amide bonds. The van der Waals surface area contributed by atoms with Crippen LogP contribution in [0, 0.1) is 35.5 Å². The maximum Gasteiger partial charge on any atom is 0.246 e. The molecule has 0 aliphatic heterocycles. The number of hydrogen-bond acceptors (Lipinski definition) is 16. The minimum atomic E-state index is -1.60. The number of aliphatic hydroxyl groups is 3. The number of amides is 12. The minimum Gasteiger partial charge on any atom is -0.396 e. The van der Waals surface area contributed by atoms with Crippen molar-refractivity contribution in [2.24, 2.45) is 35.5 Å². The molecule has 0 aromatic carbocycles. The molecule has 28 heteroatoms. The number of hydrogen-bond donors (Lipinski definition) is 9. The number of nitrogens with one attached hydrogen (secondary N) is 6. The van der Waals surface area contributed by atoms with Gasteiger partial charge in [-0.3, -0.25) is 57.5 Å². The van der Waals surface area contributed by atoms with Gasteiger partial charge in [0.05, 0.1) is 11.7 Å². The quantitative estimate of drug-likeness (QED) is 0.0393. The third-order valence-corrected chi connectivity index (χ3v) is 18.9. The van der Waals surface area contributed by atoms with Crippen LogP contribution in [0.2, 0.25) is 0 Å². The van der Waals surface area contributed by atoms with Gasteiger partial charge in [-0.05, 0) is 120 Å². The average molecular weight is 1430 g/mol. The van der Waals surface area contributed by atoms with E-state index in [9.17, 15) is 68.1 Å². The number of rotatable bonds is 47. The Bertz CT molecular complexity index is 2590. The van der Waals surface area contributed by atoms with Crippen LogP contribution in [0.5, 0.6) is 0 Å². The van der Waals surface area contributed by atoms with Gasteiger partial charge in [0.1, 0.15) is 60.4 Å². The second-order valence-corrected chi connectivity index (χ2v) is 30.9. The third kappa shape index (κ3) is 32.2. The van der Waals surface area contributed by atoms with Gasteiger partial charge in [-0.15, -0.1) is 0 Å². The van der Waals surface area contributed by atoms with Crippen molar-refractivity contribution in [3.05, 3.63) is 0 Å². The Morgan fingerprint density at radius 1 is 0.495 bits per heavy atom. The van der Waals surface area contributed by atoms with E-state index < -0.39 is 137 Å². The summed E-state index contributed by atoms with van der Waals surface area (Å²) < 4.78 is 0. The molecule has 0 radical (unpaired) electrons. The zero-order chi connectivity index (χ0) is 76.7. The number of likely N-dealkylation sites (N-methyl/N-ethyl adjacent to an activating group) is 7. The third-order valence-electron chi connectivity index (χ3n) is 17.8. The van der Waals surface area contributed by atoms with E-state index in [4.69, 9.17) is 0 Å². The van der Waals surface area contributed by atoms with E-state index in [1.807, 2.05) is 55.4 Å². The molecule has 0 aromatic heterocycles. The Hall–Kier alpha value is -6.13. The van der Waals surface area contributed by atoms with Gasteiger partial charge in [-0.2, -0.15) is 11.8 Å². The molecule has 2 unspecified atom stereocenters. The fourth-order valence-corrected chi connectivity index (χ4v) is 12.8. The summed E-state index contributed by atoms with van der Waals surface area (Å²) in [4.78, 5) is 176. The minimum absolute atomic E-state index is 0.0107. The van der Waals surface area contributed by atoms with E-state index in [0.29, 0.717) is 44.4 Å². The molecule has 9 N–H and O–H groups in total. The molecule has 0 heterocycles. The summed E-state index contributed by atoms with van der Waals surface area (Å²) in [7, 11) is 10.1. The van der Waals surface area contributed by atoms with Crippen molar-refractivity contribution in [2.45, 2.75) is 273 Å².